The van der Waals surface area contributed by atoms with Crippen molar-refractivity contribution in [1.29, 1.82) is 0 Å². The van der Waals surface area contributed by atoms with Crippen molar-refractivity contribution in [2.45, 2.75) is 32.7 Å². The van der Waals surface area contributed by atoms with Crippen LogP contribution >= 0.6 is 0 Å². The maximum Gasteiger partial charge on any atom is 0.0798 e. The van der Waals surface area contributed by atoms with Crippen LogP contribution in [0.15, 0.2) is 28.8 Å². The molecule has 2 atom stereocenters. The molecule has 108 valence electrons. The van der Waals surface area contributed by atoms with Crippen LogP contribution < -0.4 is 0 Å². The number of benzene rings is 1. The van der Waals surface area contributed by atoms with Crippen LogP contribution in [0.3, 0.4) is 0 Å². The summed E-state index contributed by atoms with van der Waals surface area (Å²) < 4.78 is 5.24. The molecule has 0 aromatic heterocycles. The molecule has 3 heteroatoms. The van der Waals surface area contributed by atoms with Crippen LogP contribution in [0, 0.1) is 13.8 Å². The van der Waals surface area contributed by atoms with Gasteiger partial charge in [-0.3, -0.25) is 4.99 Å². The van der Waals surface area contributed by atoms with Crippen molar-refractivity contribution >= 4 is 6.21 Å². The molecule has 1 aliphatic heterocycles. The van der Waals surface area contributed by atoms with E-state index >= 15 is 0 Å². The molecule has 0 fully saturated rings. The molecule has 0 aliphatic carbocycles. The van der Waals surface area contributed by atoms with Gasteiger partial charge in [-0.05, 0) is 36.1 Å². The summed E-state index contributed by atoms with van der Waals surface area (Å²) in [5.74, 6) is 0.295. The number of hydrogen-bond acceptors (Lipinski definition) is 3. The predicted molar refractivity (Wildman–Crippen MR) is 82.8 cm³/mol. The summed E-state index contributed by atoms with van der Waals surface area (Å²) in [7, 11) is 1.67. The summed E-state index contributed by atoms with van der Waals surface area (Å²) in [5, 5.41) is 9.18. The fraction of sp³-hybridized carbons (Fsp3) is 0.471. The molecule has 20 heavy (non-hydrogen) atoms. The van der Waals surface area contributed by atoms with Crippen molar-refractivity contribution in [3.8, 4) is 0 Å². The third-order valence-corrected chi connectivity index (χ3v) is 3.91. The number of aliphatic hydroxyl groups excluding tert-OH is 1. The zero-order valence-electron chi connectivity index (χ0n) is 12.7. The number of rotatable bonds is 4. The summed E-state index contributed by atoms with van der Waals surface area (Å²) >= 11 is 0. The van der Waals surface area contributed by atoms with Crippen molar-refractivity contribution in [3.05, 3.63) is 46.0 Å². The zero-order chi connectivity index (χ0) is 14.7. The maximum absolute atomic E-state index is 9.18. The molecule has 1 aromatic carbocycles. The van der Waals surface area contributed by atoms with Gasteiger partial charge >= 0.3 is 0 Å². The molecule has 1 aliphatic rings. The monoisotopic (exact) mass is 273 g/mol. The average molecular weight is 273 g/mol. The molecule has 2 unspecified atom stereocenters. The molecule has 1 aromatic rings. The Morgan fingerprint density at radius 1 is 1.40 bits per heavy atom. The molecule has 1 heterocycles. The van der Waals surface area contributed by atoms with Gasteiger partial charge < -0.3 is 9.84 Å². The molecule has 2 rings (SSSR count). The maximum atomic E-state index is 9.18. The highest BCUT2D eigenvalue weighted by atomic mass is 16.5. The minimum absolute atomic E-state index is 0.0250. The third kappa shape index (κ3) is 2.84. The van der Waals surface area contributed by atoms with E-state index in [1.54, 1.807) is 7.11 Å². The van der Waals surface area contributed by atoms with Crippen molar-refractivity contribution in [3.63, 3.8) is 0 Å². The minimum atomic E-state index is 0.0250. The molecule has 0 saturated heterocycles. The van der Waals surface area contributed by atoms with Crippen molar-refractivity contribution in [1.82, 2.24) is 0 Å². The van der Waals surface area contributed by atoms with E-state index in [0.717, 1.165) is 5.57 Å². The number of ether oxygens (including phenoxy) is 1. The van der Waals surface area contributed by atoms with E-state index < -0.39 is 0 Å². The number of aliphatic imine (C=N–C) groups is 1. The van der Waals surface area contributed by atoms with Crippen LogP contribution in [0.5, 0.6) is 0 Å². The normalized spacial score (nSPS) is 21.9. The smallest absolute Gasteiger partial charge is 0.0798 e. The first-order valence-electron chi connectivity index (χ1n) is 7.01. The van der Waals surface area contributed by atoms with Crippen LogP contribution in [0.4, 0.5) is 0 Å². The number of fused-ring (bicyclic) bond motifs is 1. The van der Waals surface area contributed by atoms with Crippen LogP contribution in [-0.2, 0) is 4.74 Å². The lowest BCUT2D eigenvalue weighted by atomic mass is 9.81. The third-order valence-electron chi connectivity index (χ3n) is 3.91. The predicted octanol–water partition coefficient (Wildman–Crippen LogP) is 2.77. The topological polar surface area (TPSA) is 41.8 Å². The van der Waals surface area contributed by atoms with Crippen LogP contribution in [-0.4, -0.2) is 37.7 Å². The first-order chi connectivity index (χ1) is 9.58. The van der Waals surface area contributed by atoms with Gasteiger partial charge in [-0.2, -0.15) is 0 Å². The first-order valence-corrected chi connectivity index (χ1v) is 7.01. The Morgan fingerprint density at radius 2 is 2.15 bits per heavy atom. The highest BCUT2D eigenvalue weighted by Gasteiger charge is 2.27. The Labute approximate surface area is 121 Å². The molecule has 3 nitrogen and oxygen atoms in total. The summed E-state index contributed by atoms with van der Waals surface area (Å²) in [5.41, 5.74) is 6.19. The van der Waals surface area contributed by atoms with Crippen LogP contribution in [0.2, 0.25) is 0 Å². The molecule has 0 spiro atoms. The van der Waals surface area contributed by atoms with E-state index in [1.165, 1.54) is 22.3 Å². The summed E-state index contributed by atoms with van der Waals surface area (Å²) in [6.07, 6.45) is 3.78. The number of aryl methyl sites for hydroxylation is 2. The van der Waals surface area contributed by atoms with Gasteiger partial charge in [0.25, 0.3) is 0 Å². The second-order valence-corrected chi connectivity index (χ2v) is 5.49. The number of methoxy groups -OCH3 is 1. The van der Waals surface area contributed by atoms with E-state index in [4.69, 9.17) is 4.74 Å². The largest absolute Gasteiger partial charge is 0.392 e. The van der Waals surface area contributed by atoms with Gasteiger partial charge in [-0.15, -0.1) is 0 Å². The van der Waals surface area contributed by atoms with Gasteiger partial charge in [0.05, 0.1) is 19.3 Å². The Bertz CT molecular complexity index is 546. The Balaban J connectivity index is 2.41. The lowest BCUT2D eigenvalue weighted by Gasteiger charge is -2.30. The van der Waals surface area contributed by atoms with Crippen LogP contribution in [0.25, 0.3) is 0 Å². The van der Waals surface area contributed by atoms with Crippen LogP contribution in [0.1, 0.15) is 35.1 Å². The fourth-order valence-corrected chi connectivity index (χ4v) is 3.15. The van der Waals surface area contributed by atoms with E-state index in [-0.39, 0.29) is 12.6 Å². The highest BCUT2D eigenvalue weighted by Crippen LogP contribution is 2.34. The zero-order valence-corrected chi connectivity index (χ0v) is 12.7. The van der Waals surface area contributed by atoms with E-state index in [2.05, 4.69) is 37.9 Å². The molecule has 0 amide bonds. The first kappa shape index (κ1) is 14.9. The van der Waals surface area contributed by atoms with Gasteiger partial charge in [0.15, 0.2) is 0 Å². The van der Waals surface area contributed by atoms with Gasteiger partial charge in [0, 0.05) is 19.2 Å². The molecule has 0 radical (unpaired) electrons. The fourth-order valence-electron chi connectivity index (χ4n) is 3.15. The standard InChI is InChI=1S/C17H23NO2/c1-11-7-12(2)16-13(3)17(18-9-15(16)8-11)14(5-6-19)10-20-4/h5,7-9,13,17,19H,6,10H2,1-4H3/b14-5+. The number of nitrogens with zero attached hydrogens (tertiary/aromatic N) is 1. The highest BCUT2D eigenvalue weighted by molar-refractivity contribution is 5.85. The molecule has 1 N–H and O–H groups in total. The summed E-state index contributed by atoms with van der Waals surface area (Å²) in [6, 6.07) is 4.46. The van der Waals surface area contributed by atoms with Gasteiger partial charge in [0.2, 0.25) is 0 Å². The lowest BCUT2D eigenvalue weighted by Crippen LogP contribution is -2.25. The Morgan fingerprint density at radius 3 is 2.80 bits per heavy atom. The summed E-state index contributed by atoms with van der Waals surface area (Å²) in [6.45, 7) is 7.00. The second kappa shape index (κ2) is 6.33. The second-order valence-electron chi connectivity index (χ2n) is 5.49. The Kier molecular flexibility index (Phi) is 4.73. The van der Waals surface area contributed by atoms with E-state index in [0.29, 0.717) is 12.5 Å². The van der Waals surface area contributed by atoms with Gasteiger partial charge in [0.1, 0.15) is 0 Å². The molecule has 0 saturated carbocycles. The van der Waals surface area contributed by atoms with Crippen molar-refractivity contribution < 1.29 is 9.84 Å². The quantitative estimate of drug-likeness (QED) is 0.857. The van der Waals surface area contributed by atoms with Crippen molar-refractivity contribution in [2.24, 2.45) is 4.99 Å². The molecule has 0 bridgehead atoms. The van der Waals surface area contributed by atoms with Gasteiger partial charge in [-0.1, -0.05) is 30.7 Å². The van der Waals surface area contributed by atoms with E-state index in [1.807, 2.05) is 12.3 Å². The Hall–Kier alpha value is -1.45. The lowest BCUT2D eigenvalue weighted by molar-refractivity contribution is 0.217. The SMILES string of the molecule is COC/C(=C\CO)C1N=Cc2cc(C)cc(C)c2C1C. The minimum Gasteiger partial charge on any atom is -0.392 e. The van der Waals surface area contributed by atoms with Crippen molar-refractivity contribution in [2.75, 3.05) is 20.3 Å². The number of hydrogen-bond donors (Lipinski definition) is 1. The molecular weight excluding hydrogens is 250 g/mol. The average Bonchev–Trinajstić information content (AvgIpc) is 2.38. The van der Waals surface area contributed by atoms with Gasteiger partial charge in [-0.25, -0.2) is 0 Å². The number of aliphatic hydroxyl groups is 1. The molecular formula is C17H23NO2. The summed E-state index contributed by atoms with van der Waals surface area (Å²) in [4.78, 5) is 4.69. The van der Waals surface area contributed by atoms with E-state index in [9.17, 15) is 5.11 Å².